The molecule has 1 aromatic heterocycles. The Labute approximate surface area is 127 Å². The predicted molar refractivity (Wildman–Crippen MR) is 83.3 cm³/mol. The molecule has 0 aliphatic rings. The number of halogens is 2. The van der Waals surface area contributed by atoms with Gasteiger partial charge in [-0.1, -0.05) is 18.2 Å². The molecule has 0 spiro atoms. The maximum Gasteiger partial charge on any atom is 0.122 e. The van der Waals surface area contributed by atoms with Gasteiger partial charge in [0.1, 0.15) is 5.75 Å². The summed E-state index contributed by atoms with van der Waals surface area (Å²) in [6, 6.07) is 10.0. The molecule has 1 heterocycles. The van der Waals surface area contributed by atoms with Crippen LogP contribution in [0.5, 0.6) is 5.75 Å². The molecular weight excluding hydrogens is 378 g/mol. The maximum absolute atomic E-state index is 6.25. The van der Waals surface area contributed by atoms with Crippen LogP contribution in [0, 0.1) is 0 Å². The number of methoxy groups -OCH3 is 1. The first-order valence-corrected chi connectivity index (χ1v) is 7.84. The van der Waals surface area contributed by atoms with Gasteiger partial charge in [0.05, 0.1) is 10.9 Å². The van der Waals surface area contributed by atoms with Crippen LogP contribution < -0.4 is 10.5 Å². The number of para-hydroxylation sites is 1. The van der Waals surface area contributed by atoms with E-state index in [1.165, 1.54) is 0 Å². The molecule has 5 heteroatoms. The Morgan fingerprint density at radius 1 is 1.33 bits per heavy atom. The van der Waals surface area contributed by atoms with Gasteiger partial charge in [-0.3, -0.25) is 0 Å². The zero-order chi connectivity index (χ0) is 13.1. The van der Waals surface area contributed by atoms with E-state index in [1.807, 2.05) is 18.2 Å². The molecule has 0 saturated carbocycles. The number of ether oxygens (including phenoxy) is 1. The van der Waals surface area contributed by atoms with Crippen molar-refractivity contribution in [2.45, 2.75) is 12.5 Å². The first kappa shape index (κ1) is 14.1. The van der Waals surface area contributed by atoms with E-state index in [0.29, 0.717) is 0 Å². The molecule has 0 amide bonds. The highest BCUT2D eigenvalue weighted by molar-refractivity contribution is 9.13. The first-order valence-electron chi connectivity index (χ1n) is 5.44. The number of rotatable bonds is 4. The fraction of sp³-hybridized carbons (Fsp3) is 0.231. The van der Waals surface area contributed by atoms with E-state index in [0.717, 1.165) is 30.9 Å². The Kier molecular flexibility index (Phi) is 4.84. The Bertz CT molecular complexity index is 522. The second-order valence-corrected chi connectivity index (χ2v) is 7.15. The van der Waals surface area contributed by atoms with Crippen LogP contribution in [0.25, 0.3) is 0 Å². The van der Waals surface area contributed by atoms with Gasteiger partial charge in [-0.15, -0.1) is 11.3 Å². The number of nitrogens with two attached hydrogens (primary N) is 1. The van der Waals surface area contributed by atoms with Gasteiger partial charge in [-0.2, -0.15) is 0 Å². The van der Waals surface area contributed by atoms with Crippen LogP contribution in [0.2, 0.25) is 0 Å². The Hall–Kier alpha value is -0.360. The van der Waals surface area contributed by atoms with Crippen LogP contribution in [-0.2, 0) is 6.42 Å². The molecule has 1 atom stereocenters. The summed E-state index contributed by atoms with van der Waals surface area (Å²) >= 11 is 8.63. The van der Waals surface area contributed by atoms with Gasteiger partial charge in [0.25, 0.3) is 0 Å². The monoisotopic (exact) mass is 389 g/mol. The summed E-state index contributed by atoms with van der Waals surface area (Å²) in [6.45, 7) is 0. The standard InChI is InChI=1S/C13H13Br2NOS/c1-17-11-5-3-2-4-8(11)6-10(16)12-7-9(14)13(15)18-12/h2-5,7,10H,6,16H2,1H3. The molecule has 0 saturated heterocycles. The number of thiophene rings is 1. The lowest BCUT2D eigenvalue weighted by Crippen LogP contribution is -2.12. The highest BCUT2D eigenvalue weighted by Gasteiger charge is 2.14. The van der Waals surface area contributed by atoms with Gasteiger partial charge in [0.15, 0.2) is 0 Å². The van der Waals surface area contributed by atoms with Gasteiger partial charge in [-0.05, 0) is 56.0 Å². The molecule has 96 valence electrons. The molecule has 0 aliphatic carbocycles. The normalized spacial score (nSPS) is 12.4. The van der Waals surface area contributed by atoms with E-state index in [1.54, 1.807) is 18.4 Å². The van der Waals surface area contributed by atoms with Gasteiger partial charge in [0, 0.05) is 15.4 Å². The minimum Gasteiger partial charge on any atom is -0.496 e. The van der Waals surface area contributed by atoms with Crippen molar-refractivity contribution in [1.29, 1.82) is 0 Å². The van der Waals surface area contributed by atoms with E-state index in [-0.39, 0.29) is 6.04 Å². The summed E-state index contributed by atoms with van der Waals surface area (Å²) in [7, 11) is 1.68. The molecule has 18 heavy (non-hydrogen) atoms. The van der Waals surface area contributed by atoms with Crippen LogP contribution in [0.15, 0.2) is 38.6 Å². The maximum atomic E-state index is 6.25. The highest BCUT2D eigenvalue weighted by Crippen LogP contribution is 2.36. The summed E-state index contributed by atoms with van der Waals surface area (Å²) < 4.78 is 7.47. The van der Waals surface area contributed by atoms with E-state index in [2.05, 4.69) is 44.0 Å². The summed E-state index contributed by atoms with van der Waals surface area (Å²) in [6.07, 6.45) is 0.767. The van der Waals surface area contributed by atoms with E-state index >= 15 is 0 Å². The van der Waals surface area contributed by atoms with Gasteiger partial charge in [-0.25, -0.2) is 0 Å². The quantitative estimate of drug-likeness (QED) is 0.832. The van der Waals surface area contributed by atoms with Crippen molar-refractivity contribution in [2.24, 2.45) is 5.73 Å². The lowest BCUT2D eigenvalue weighted by molar-refractivity contribution is 0.408. The third-order valence-corrected chi connectivity index (χ3v) is 6.05. The van der Waals surface area contributed by atoms with Crippen LogP contribution in [-0.4, -0.2) is 7.11 Å². The Balaban J connectivity index is 2.18. The second-order valence-electron chi connectivity index (χ2n) is 3.89. The largest absolute Gasteiger partial charge is 0.496 e. The van der Waals surface area contributed by atoms with Crippen molar-refractivity contribution in [3.8, 4) is 5.75 Å². The third-order valence-electron chi connectivity index (χ3n) is 2.66. The molecular formula is C13H13Br2NOS. The predicted octanol–water partition coefficient (Wildman–Crippen LogP) is 4.52. The molecule has 0 aliphatic heterocycles. The number of benzene rings is 1. The lowest BCUT2D eigenvalue weighted by atomic mass is 10.0. The average Bonchev–Trinajstić information content (AvgIpc) is 2.70. The van der Waals surface area contributed by atoms with Gasteiger partial charge in [0.2, 0.25) is 0 Å². The molecule has 0 fully saturated rings. The molecule has 2 rings (SSSR count). The van der Waals surface area contributed by atoms with E-state index < -0.39 is 0 Å². The average molecular weight is 391 g/mol. The number of hydrogen-bond donors (Lipinski definition) is 1. The van der Waals surface area contributed by atoms with Crippen molar-refractivity contribution >= 4 is 43.2 Å². The number of hydrogen-bond acceptors (Lipinski definition) is 3. The zero-order valence-electron chi connectivity index (χ0n) is 9.82. The molecule has 2 N–H and O–H groups in total. The fourth-order valence-corrected chi connectivity index (χ4v) is 3.85. The van der Waals surface area contributed by atoms with E-state index in [9.17, 15) is 0 Å². The molecule has 2 aromatic rings. The van der Waals surface area contributed by atoms with E-state index in [4.69, 9.17) is 10.5 Å². The topological polar surface area (TPSA) is 35.2 Å². The molecule has 0 bridgehead atoms. The van der Waals surface area contributed by atoms with Crippen molar-refractivity contribution < 1.29 is 4.74 Å². The third kappa shape index (κ3) is 3.15. The van der Waals surface area contributed by atoms with Crippen LogP contribution in [0.1, 0.15) is 16.5 Å². The van der Waals surface area contributed by atoms with Crippen molar-refractivity contribution in [3.63, 3.8) is 0 Å². The van der Waals surface area contributed by atoms with Crippen LogP contribution in [0.4, 0.5) is 0 Å². The minimum atomic E-state index is -0.0195. The molecule has 1 aromatic carbocycles. The summed E-state index contributed by atoms with van der Waals surface area (Å²) in [4.78, 5) is 1.15. The SMILES string of the molecule is COc1ccccc1CC(N)c1cc(Br)c(Br)s1. The summed E-state index contributed by atoms with van der Waals surface area (Å²) in [5, 5.41) is 0. The van der Waals surface area contributed by atoms with Crippen molar-refractivity contribution in [2.75, 3.05) is 7.11 Å². The Morgan fingerprint density at radius 3 is 2.67 bits per heavy atom. The first-order chi connectivity index (χ1) is 8.61. The van der Waals surface area contributed by atoms with Gasteiger partial charge < -0.3 is 10.5 Å². The van der Waals surface area contributed by atoms with Gasteiger partial charge >= 0.3 is 0 Å². The second kappa shape index (κ2) is 6.19. The smallest absolute Gasteiger partial charge is 0.122 e. The lowest BCUT2D eigenvalue weighted by Gasteiger charge is -2.12. The van der Waals surface area contributed by atoms with Crippen LogP contribution >= 0.6 is 43.2 Å². The summed E-state index contributed by atoms with van der Waals surface area (Å²) in [5.74, 6) is 0.891. The Morgan fingerprint density at radius 2 is 2.06 bits per heavy atom. The zero-order valence-corrected chi connectivity index (χ0v) is 13.8. The summed E-state index contributed by atoms with van der Waals surface area (Å²) in [5.41, 5.74) is 7.38. The molecule has 0 radical (unpaired) electrons. The molecule has 2 nitrogen and oxygen atoms in total. The molecule has 1 unspecified atom stereocenters. The fourth-order valence-electron chi connectivity index (χ4n) is 1.76. The van der Waals surface area contributed by atoms with Crippen LogP contribution in [0.3, 0.4) is 0 Å². The minimum absolute atomic E-state index is 0.0195. The van der Waals surface area contributed by atoms with Crippen molar-refractivity contribution in [3.05, 3.63) is 49.0 Å². The highest BCUT2D eigenvalue weighted by atomic mass is 79.9. The van der Waals surface area contributed by atoms with Crippen molar-refractivity contribution in [1.82, 2.24) is 0 Å².